The number of allylic oxidation sites excluding steroid dienone is 2. The predicted molar refractivity (Wildman–Crippen MR) is 155 cm³/mol. The molecule has 5 nitrogen and oxygen atoms in total. The summed E-state index contributed by atoms with van der Waals surface area (Å²) < 4.78 is 6.49. The van der Waals surface area contributed by atoms with Crippen LogP contribution < -0.4 is 15.4 Å². The van der Waals surface area contributed by atoms with E-state index >= 15 is 0 Å². The Kier molecular flexibility index (Phi) is 5.65. The molecule has 3 aromatic carbocycles. The number of nitrogens with one attached hydrogen (secondary N) is 4. The minimum Gasteiger partial charge on any atom is -0.489 e. The van der Waals surface area contributed by atoms with Gasteiger partial charge in [-0.3, -0.25) is 0 Å². The Morgan fingerprint density at radius 2 is 1.49 bits per heavy atom. The fourth-order valence-corrected chi connectivity index (χ4v) is 5.98. The van der Waals surface area contributed by atoms with Gasteiger partial charge < -0.3 is 25.3 Å². The summed E-state index contributed by atoms with van der Waals surface area (Å²) in [5.41, 5.74) is 5.40. The molecule has 1 aliphatic carbocycles. The molecule has 0 bridgehead atoms. The zero-order chi connectivity index (χ0) is 24.9. The van der Waals surface area contributed by atoms with Crippen molar-refractivity contribution < 1.29 is 4.74 Å². The SMILES string of the molecule is Clc1ccc2[nH]c3c(OCCCNCC4=CNC5C=CC=CC45)c4[nH]c5ccc(Cl)cc5c4cc3c2c1. The molecular formula is C30H26Cl2N4O. The highest BCUT2D eigenvalue weighted by Gasteiger charge is 2.26. The summed E-state index contributed by atoms with van der Waals surface area (Å²) in [5.74, 6) is 1.28. The summed E-state index contributed by atoms with van der Waals surface area (Å²) in [4.78, 5) is 7.13. The van der Waals surface area contributed by atoms with Crippen LogP contribution in [0.25, 0.3) is 43.6 Å². The molecule has 1 aliphatic heterocycles. The molecule has 186 valence electrons. The number of aromatic amines is 2. The Hall–Kier alpha value is -3.38. The van der Waals surface area contributed by atoms with Crippen molar-refractivity contribution in [3.8, 4) is 5.75 Å². The van der Waals surface area contributed by atoms with E-state index in [1.807, 2.05) is 36.4 Å². The molecule has 5 aromatic rings. The zero-order valence-corrected chi connectivity index (χ0v) is 21.6. The molecule has 0 saturated heterocycles. The Labute approximate surface area is 224 Å². The maximum Gasteiger partial charge on any atom is 0.167 e. The molecule has 0 saturated carbocycles. The lowest BCUT2D eigenvalue weighted by atomic mass is 9.91. The van der Waals surface area contributed by atoms with Crippen LogP contribution in [-0.4, -0.2) is 35.7 Å². The van der Waals surface area contributed by atoms with Crippen molar-refractivity contribution in [2.24, 2.45) is 5.92 Å². The number of rotatable bonds is 7. The standard InChI is InChI=1S/C30H26Cl2N4O/c31-18-6-8-26-21(12-18)23-14-24-22-13-19(32)7-9-27(22)36-29(24)30(28(23)35-26)37-11-3-10-33-15-17-16-34-25-5-2-1-4-20(17)25/h1-2,4-9,12-14,16,20,25,33-36H,3,10-11,15H2. The smallest absolute Gasteiger partial charge is 0.167 e. The Balaban J connectivity index is 1.14. The van der Waals surface area contributed by atoms with E-state index in [4.69, 9.17) is 27.9 Å². The quantitative estimate of drug-likeness (QED) is 0.168. The molecule has 2 atom stereocenters. The second kappa shape index (κ2) is 9.18. The van der Waals surface area contributed by atoms with Gasteiger partial charge in [-0.05, 0) is 67.2 Å². The molecule has 0 radical (unpaired) electrons. The first-order chi connectivity index (χ1) is 18.2. The van der Waals surface area contributed by atoms with Gasteiger partial charge in [0.2, 0.25) is 0 Å². The first kappa shape index (κ1) is 22.8. The number of ether oxygens (including phenoxy) is 1. The molecule has 2 aromatic heterocycles. The van der Waals surface area contributed by atoms with Crippen LogP contribution >= 0.6 is 23.2 Å². The number of benzene rings is 3. The van der Waals surface area contributed by atoms with Crippen molar-refractivity contribution in [2.75, 3.05) is 19.7 Å². The van der Waals surface area contributed by atoms with Crippen LogP contribution in [-0.2, 0) is 0 Å². The molecule has 4 N–H and O–H groups in total. The molecule has 3 heterocycles. The Bertz CT molecular complexity index is 1670. The van der Waals surface area contributed by atoms with Crippen molar-refractivity contribution in [3.63, 3.8) is 0 Å². The van der Waals surface area contributed by atoms with Crippen LogP contribution in [0.5, 0.6) is 5.75 Å². The molecule has 7 heteroatoms. The maximum absolute atomic E-state index is 6.49. The highest BCUT2D eigenvalue weighted by Crippen LogP contribution is 2.41. The number of aromatic nitrogens is 2. The van der Waals surface area contributed by atoms with Gasteiger partial charge in [0.05, 0.1) is 23.7 Å². The van der Waals surface area contributed by atoms with Crippen LogP contribution in [0.15, 0.2) is 78.5 Å². The van der Waals surface area contributed by atoms with Gasteiger partial charge in [0.25, 0.3) is 0 Å². The minimum absolute atomic E-state index is 0.394. The Morgan fingerprint density at radius 1 is 0.811 bits per heavy atom. The van der Waals surface area contributed by atoms with Gasteiger partial charge in [0, 0.05) is 55.1 Å². The van der Waals surface area contributed by atoms with Gasteiger partial charge in [-0.1, -0.05) is 47.5 Å². The molecule has 0 fully saturated rings. The highest BCUT2D eigenvalue weighted by molar-refractivity contribution is 6.33. The summed E-state index contributed by atoms with van der Waals surface area (Å²) in [6, 6.07) is 14.5. The third-order valence-corrected chi connectivity index (χ3v) is 7.91. The molecule has 7 rings (SSSR count). The molecule has 2 unspecified atom stereocenters. The van der Waals surface area contributed by atoms with E-state index in [0.717, 1.165) is 68.9 Å². The number of H-pyrrole nitrogens is 2. The number of fused-ring (bicyclic) bond motifs is 7. The fourth-order valence-electron chi connectivity index (χ4n) is 5.63. The summed E-state index contributed by atoms with van der Waals surface area (Å²) in [6.45, 7) is 2.34. The van der Waals surface area contributed by atoms with E-state index in [9.17, 15) is 0 Å². The minimum atomic E-state index is 0.394. The van der Waals surface area contributed by atoms with Gasteiger partial charge in [0.15, 0.2) is 5.75 Å². The lowest BCUT2D eigenvalue weighted by Crippen LogP contribution is -2.28. The van der Waals surface area contributed by atoms with E-state index in [-0.39, 0.29) is 0 Å². The summed E-state index contributed by atoms with van der Waals surface area (Å²) in [6.07, 6.45) is 11.8. The van der Waals surface area contributed by atoms with Crippen LogP contribution in [0, 0.1) is 5.92 Å². The summed E-state index contributed by atoms with van der Waals surface area (Å²) >= 11 is 12.7. The summed E-state index contributed by atoms with van der Waals surface area (Å²) in [7, 11) is 0. The second-order valence-electron chi connectivity index (χ2n) is 9.77. The van der Waals surface area contributed by atoms with Crippen LogP contribution in [0.4, 0.5) is 0 Å². The fraction of sp³-hybridized carbons (Fsp3) is 0.200. The van der Waals surface area contributed by atoms with E-state index in [1.54, 1.807) is 0 Å². The van der Waals surface area contributed by atoms with E-state index in [2.05, 4.69) is 57.2 Å². The van der Waals surface area contributed by atoms with Gasteiger partial charge >= 0.3 is 0 Å². The second-order valence-corrected chi connectivity index (χ2v) is 10.6. The third kappa shape index (κ3) is 3.98. The third-order valence-electron chi connectivity index (χ3n) is 7.44. The number of hydrogen-bond acceptors (Lipinski definition) is 3. The molecule has 0 amide bonds. The van der Waals surface area contributed by atoms with Gasteiger partial charge in [-0.2, -0.15) is 0 Å². The van der Waals surface area contributed by atoms with Gasteiger partial charge in [0.1, 0.15) is 0 Å². The monoisotopic (exact) mass is 528 g/mol. The topological polar surface area (TPSA) is 64.9 Å². The zero-order valence-electron chi connectivity index (χ0n) is 20.1. The summed E-state index contributed by atoms with van der Waals surface area (Å²) in [5, 5.41) is 12.8. The largest absolute Gasteiger partial charge is 0.489 e. The van der Waals surface area contributed by atoms with E-state index in [0.29, 0.717) is 28.6 Å². The molecular weight excluding hydrogens is 503 g/mol. The van der Waals surface area contributed by atoms with Crippen molar-refractivity contribution in [1.29, 1.82) is 0 Å². The van der Waals surface area contributed by atoms with Gasteiger partial charge in [-0.15, -0.1) is 0 Å². The van der Waals surface area contributed by atoms with Crippen molar-refractivity contribution in [2.45, 2.75) is 12.5 Å². The first-order valence-corrected chi connectivity index (χ1v) is 13.4. The van der Waals surface area contributed by atoms with Crippen molar-refractivity contribution in [3.05, 3.63) is 88.6 Å². The van der Waals surface area contributed by atoms with Crippen LogP contribution in [0.2, 0.25) is 10.0 Å². The first-order valence-electron chi connectivity index (χ1n) is 12.6. The van der Waals surface area contributed by atoms with Crippen LogP contribution in [0.3, 0.4) is 0 Å². The van der Waals surface area contributed by atoms with E-state index < -0.39 is 0 Å². The average molecular weight is 529 g/mol. The highest BCUT2D eigenvalue weighted by atomic mass is 35.5. The molecule has 0 spiro atoms. The van der Waals surface area contributed by atoms with Crippen LogP contribution in [0.1, 0.15) is 6.42 Å². The number of halogens is 2. The normalized spacial score (nSPS) is 18.7. The van der Waals surface area contributed by atoms with Crippen molar-refractivity contribution >= 4 is 66.8 Å². The number of hydrogen-bond donors (Lipinski definition) is 4. The molecule has 37 heavy (non-hydrogen) atoms. The van der Waals surface area contributed by atoms with Crippen molar-refractivity contribution in [1.82, 2.24) is 20.6 Å². The maximum atomic E-state index is 6.49. The lowest BCUT2D eigenvalue weighted by molar-refractivity contribution is 0.314. The average Bonchev–Trinajstić information content (AvgIpc) is 3.59. The van der Waals surface area contributed by atoms with Gasteiger partial charge in [-0.25, -0.2) is 0 Å². The lowest BCUT2D eigenvalue weighted by Gasteiger charge is -2.19. The van der Waals surface area contributed by atoms with E-state index in [1.165, 1.54) is 5.57 Å². The predicted octanol–water partition coefficient (Wildman–Crippen LogP) is 7.22. The Morgan fingerprint density at radius 3 is 2.19 bits per heavy atom. The molecule has 2 aliphatic rings.